The van der Waals surface area contributed by atoms with Gasteiger partial charge in [0.1, 0.15) is 18.1 Å². The van der Waals surface area contributed by atoms with Crippen LogP contribution in [0.2, 0.25) is 0 Å². The molecule has 31 heavy (non-hydrogen) atoms. The van der Waals surface area contributed by atoms with Gasteiger partial charge in [-0.1, -0.05) is 13.8 Å². The highest BCUT2D eigenvalue weighted by molar-refractivity contribution is 7.80. The van der Waals surface area contributed by atoms with Gasteiger partial charge >= 0.3 is 5.97 Å². The monoisotopic (exact) mass is 454 g/mol. The van der Waals surface area contributed by atoms with Crippen molar-refractivity contribution < 1.29 is 24.3 Å². The quantitative estimate of drug-likeness (QED) is 0.244. The van der Waals surface area contributed by atoms with Crippen LogP contribution in [-0.2, 0) is 25.6 Å². The number of rotatable bonds is 10. The second-order valence-corrected chi connectivity index (χ2v) is 8.25. The maximum absolute atomic E-state index is 13.3. The van der Waals surface area contributed by atoms with Crippen molar-refractivity contribution in [3.8, 4) is 0 Å². The third-order valence-electron chi connectivity index (χ3n) is 5.20. The number of amides is 3. The molecule has 12 heteroatoms. The van der Waals surface area contributed by atoms with Gasteiger partial charge in [-0.15, -0.1) is 0 Å². The molecule has 0 aromatic carbocycles. The molecule has 0 saturated carbocycles. The topological polar surface area (TPSA) is 171 Å². The zero-order valence-corrected chi connectivity index (χ0v) is 18.5. The van der Waals surface area contributed by atoms with Gasteiger partial charge in [-0.25, -0.2) is 9.78 Å². The zero-order chi connectivity index (χ0) is 23.1. The average Bonchev–Trinajstić information content (AvgIpc) is 3.41. The number of aromatic nitrogens is 2. The van der Waals surface area contributed by atoms with Crippen LogP contribution in [0.25, 0.3) is 0 Å². The number of thiol groups is 1. The van der Waals surface area contributed by atoms with Crippen molar-refractivity contribution in [2.75, 3.05) is 12.3 Å². The van der Waals surface area contributed by atoms with E-state index in [4.69, 9.17) is 5.73 Å². The molecule has 0 bridgehead atoms. The number of likely N-dealkylation sites (tertiary alicyclic amines) is 1. The third kappa shape index (κ3) is 6.44. The summed E-state index contributed by atoms with van der Waals surface area (Å²) in [6.07, 6.45) is 4.13. The largest absolute Gasteiger partial charge is 0.480 e. The normalized spacial score (nSPS) is 19.0. The van der Waals surface area contributed by atoms with Crippen LogP contribution < -0.4 is 16.4 Å². The Morgan fingerprint density at radius 3 is 2.61 bits per heavy atom. The molecule has 1 aliphatic heterocycles. The number of hydrogen-bond acceptors (Lipinski definition) is 7. The van der Waals surface area contributed by atoms with Gasteiger partial charge in [-0.2, -0.15) is 12.6 Å². The van der Waals surface area contributed by atoms with E-state index in [9.17, 15) is 24.3 Å². The van der Waals surface area contributed by atoms with E-state index in [2.05, 4.69) is 33.2 Å². The zero-order valence-electron chi connectivity index (χ0n) is 17.6. The minimum atomic E-state index is -1.13. The van der Waals surface area contributed by atoms with E-state index in [1.807, 2.05) is 0 Å². The van der Waals surface area contributed by atoms with E-state index < -0.39 is 47.9 Å². The molecule has 3 amide bonds. The molecule has 4 unspecified atom stereocenters. The molecule has 6 N–H and O–H groups in total. The number of H-pyrrole nitrogens is 1. The number of carbonyl (C=O) groups is 4. The highest BCUT2D eigenvalue weighted by Gasteiger charge is 2.39. The molecule has 0 radical (unpaired) electrons. The average molecular weight is 455 g/mol. The number of nitrogens with zero attached hydrogens (tertiary/aromatic N) is 2. The number of aromatic amines is 1. The molecular weight excluding hydrogens is 424 g/mol. The van der Waals surface area contributed by atoms with Crippen LogP contribution in [-0.4, -0.2) is 80.1 Å². The van der Waals surface area contributed by atoms with E-state index in [1.165, 1.54) is 11.2 Å². The summed E-state index contributed by atoms with van der Waals surface area (Å²) in [5.41, 5.74) is 6.35. The van der Waals surface area contributed by atoms with Crippen molar-refractivity contribution in [2.45, 2.75) is 57.3 Å². The van der Waals surface area contributed by atoms with Gasteiger partial charge < -0.3 is 31.4 Å². The number of carbonyl (C=O) groups excluding carboxylic acids is 3. The van der Waals surface area contributed by atoms with Gasteiger partial charge in [-0.05, 0) is 18.8 Å². The van der Waals surface area contributed by atoms with Gasteiger partial charge in [0.2, 0.25) is 17.7 Å². The molecule has 2 heterocycles. The molecule has 4 atom stereocenters. The number of hydrogen-bond donors (Lipinski definition) is 6. The lowest BCUT2D eigenvalue weighted by Gasteiger charge is -2.30. The summed E-state index contributed by atoms with van der Waals surface area (Å²) in [6, 6.07) is -3.72. The predicted molar refractivity (Wildman–Crippen MR) is 115 cm³/mol. The summed E-state index contributed by atoms with van der Waals surface area (Å²) in [6.45, 7) is 3.71. The van der Waals surface area contributed by atoms with Gasteiger partial charge in [0.05, 0.1) is 12.4 Å². The smallest absolute Gasteiger partial charge is 0.326 e. The van der Waals surface area contributed by atoms with Crippen molar-refractivity contribution in [3.05, 3.63) is 18.2 Å². The van der Waals surface area contributed by atoms with E-state index in [0.29, 0.717) is 25.1 Å². The number of aliphatic carboxylic acids is 1. The van der Waals surface area contributed by atoms with E-state index in [1.54, 1.807) is 20.0 Å². The minimum Gasteiger partial charge on any atom is -0.480 e. The van der Waals surface area contributed by atoms with Crippen molar-refractivity contribution in [2.24, 2.45) is 11.7 Å². The first-order valence-electron chi connectivity index (χ1n) is 10.1. The lowest BCUT2D eigenvalue weighted by Crippen LogP contribution is -2.58. The van der Waals surface area contributed by atoms with Crippen LogP contribution >= 0.6 is 12.6 Å². The van der Waals surface area contributed by atoms with E-state index in [-0.39, 0.29) is 18.1 Å². The fraction of sp³-hybridized carbons (Fsp3) is 0.632. The highest BCUT2D eigenvalue weighted by atomic mass is 32.1. The Morgan fingerprint density at radius 2 is 2.06 bits per heavy atom. The molecule has 1 aromatic heterocycles. The fourth-order valence-electron chi connectivity index (χ4n) is 3.44. The molecule has 1 saturated heterocycles. The Kier molecular flexibility index (Phi) is 8.87. The first-order chi connectivity index (χ1) is 14.6. The number of carboxylic acid groups (broad SMARTS) is 1. The number of imidazole rings is 1. The van der Waals surface area contributed by atoms with Gasteiger partial charge in [0.25, 0.3) is 0 Å². The van der Waals surface area contributed by atoms with Crippen molar-refractivity contribution in [3.63, 3.8) is 0 Å². The number of carboxylic acids is 1. The van der Waals surface area contributed by atoms with E-state index >= 15 is 0 Å². The van der Waals surface area contributed by atoms with Gasteiger partial charge in [-0.3, -0.25) is 14.4 Å². The second kappa shape index (κ2) is 11.1. The Morgan fingerprint density at radius 1 is 1.35 bits per heavy atom. The molecular formula is C19H30N6O5S. The van der Waals surface area contributed by atoms with Crippen LogP contribution in [0.3, 0.4) is 0 Å². The second-order valence-electron chi connectivity index (χ2n) is 7.89. The molecule has 2 rings (SSSR count). The standard InChI is InChI=1S/C19H30N6O5S/c1-10(2)15(19(29)30)24-17(27)14-4-3-5-25(14)18(28)13(6-11-7-21-9-22-11)23-16(26)12(20)8-31/h7,9-10,12-15,31H,3-6,8,20H2,1-2H3,(H,21,22)(H,23,26)(H,24,27)(H,29,30). The van der Waals surface area contributed by atoms with Crippen molar-refractivity contribution in [1.29, 1.82) is 0 Å². The van der Waals surface area contributed by atoms with Crippen LogP contribution in [0.4, 0.5) is 0 Å². The maximum Gasteiger partial charge on any atom is 0.326 e. The summed E-state index contributed by atoms with van der Waals surface area (Å²) < 4.78 is 0. The number of nitrogens with one attached hydrogen (secondary N) is 3. The summed E-state index contributed by atoms with van der Waals surface area (Å²) in [5, 5.41) is 14.5. The third-order valence-corrected chi connectivity index (χ3v) is 5.59. The summed E-state index contributed by atoms with van der Waals surface area (Å²) >= 11 is 4.01. The molecule has 172 valence electrons. The molecule has 1 fully saturated rings. The van der Waals surface area contributed by atoms with E-state index in [0.717, 1.165) is 0 Å². The Bertz CT molecular complexity index is 787. The molecule has 0 spiro atoms. The Balaban J connectivity index is 2.18. The van der Waals surface area contributed by atoms with Crippen molar-refractivity contribution >= 4 is 36.3 Å². The first kappa shape index (κ1) is 24.7. The summed E-state index contributed by atoms with van der Waals surface area (Å²) in [7, 11) is 0. The summed E-state index contributed by atoms with van der Waals surface area (Å²) in [5.74, 6) is -2.84. The number of nitrogens with two attached hydrogens (primary N) is 1. The van der Waals surface area contributed by atoms with Gasteiger partial charge in [0, 0.05) is 30.6 Å². The SMILES string of the molecule is CC(C)C(NC(=O)C1CCCN1C(=O)C(Cc1cnc[nH]1)NC(=O)C(N)CS)C(=O)O. The molecule has 0 aliphatic carbocycles. The van der Waals surface area contributed by atoms with Crippen LogP contribution in [0.15, 0.2) is 12.5 Å². The van der Waals surface area contributed by atoms with Crippen LogP contribution in [0.1, 0.15) is 32.4 Å². The minimum absolute atomic E-state index is 0.108. The Hall–Kier alpha value is -2.60. The highest BCUT2D eigenvalue weighted by Crippen LogP contribution is 2.20. The lowest BCUT2D eigenvalue weighted by atomic mass is 10.0. The summed E-state index contributed by atoms with van der Waals surface area (Å²) in [4.78, 5) is 58.1. The lowest BCUT2D eigenvalue weighted by molar-refractivity contribution is -0.145. The van der Waals surface area contributed by atoms with Crippen molar-refractivity contribution in [1.82, 2.24) is 25.5 Å². The fourth-order valence-corrected chi connectivity index (χ4v) is 3.61. The van der Waals surface area contributed by atoms with Crippen LogP contribution in [0, 0.1) is 5.92 Å². The maximum atomic E-state index is 13.3. The predicted octanol–water partition coefficient (Wildman–Crippen LogP) is -1.09. The molecule has 1 aromatic rings. The van der Waals surface area contributed by atoms with Crippen LogP contribution in [0.5, 0.6) is 0 Å². The Labute approximate surface area is 185 Å². The van der Waals surface area contributed by atoms with Gasteiger partial charge in [0.15, 0.2) is 0 Å². The first-order valence-corrected chi connectivity index (χ1v) is 10.8. The molecule has 11 nitrogen and oxygen atoms in total. The molecule has 1 aliphatic rings.